The number of Topliss-reactive ketones (excluding diaryl/α,β-unsaturated/α-hetero) is 1. The van der Waals surface area contributed by atoms with E-state index in [1.54, 1.807) is 0 Å². The zero-order chi connectivity index (χ0) is 15.6. The first kappa shape index (κ1) is 18.2. The lowest BCUT2D eigenvalue weighted by Crippen LogP contribution is -2.41. The second-order valence-electron chi connectivity index (χ2n) is 6.30. The maximum absolute atomic E-state index is 12.8. The molecule has 0 N–H and O–H groups in total. The fraction of sp³-hybridized carbons (Fsp3) is 0.889. The van der Waals surface area contributed by atoms with Gasteiger partial charge in [0.25, 0.3) is 0 Å². The minimum absolute atomic E-state index is 0.128. The van der Waals surface area contributed by atoms with E-state index in [4.69, 9.17) is 4.74 Å². The van der Waals surface area contributed by atoms with Crippen LogP contribution in [0.5, 0.6) is 0 Å². The first-order valence-corrected chi connectivity index (χ1v) is 8.88. The molecular weight excluding hydrogens is 264 g/mol. The number of ether oxygens (including phenoxy) is 1. The van der Waals surface area contributed by atoms with Gasteiger partial charge in [-0.15, -0.1) is 0 Å². The summed E-state index contributed by atoms with van der Waals surface area (Å²) in [6.07, 6.45) is 11.8. The summed E-state index contributed by atoms with van der Waals surface area (Å²) in [5, 5.41) is 0. The Morgan fingerprint density at radius 3 is 2.14 bits per heavy atom. The molecule has 1 atom stereocenters. The number of carbonyl (C=O) groups excluding carboxylic acids is 2. The Balaban J connectivity index is 2.87. The minimum Gasteiger partial charge on any atom is -0.465 e. The molecule has 1 aliphatic rings. The van der Waals surface area contributed by atoms with Gasteiger partial charge in [0.2, 0.25) is 0 Å². The van der Waals surface area contributed by atoms with Gasteiger partial charge in [0.1, 0.15) is 11.2 Å². The van der Waals surface area contributed by atoms with E-state index in [2.05, 4.69) is 0 Å². The van der Waals surface area contributed by atoms with E-state index in [0.717, 1.165) is 32.1 Å². The molecule has 0 spiro atoms. The fourth-order valence-electron chi connectivity index (χ4n) is 3.43. The lowest BCUT2D eigenvalue weighted by molar-refractivity contribution is -0.161. The van der Waals surface area contributed by atoms with Crippen molar-refractivity contribution in [3.05, 3.63) is 0 Å². The Labute approximate surface area is 129 Å². The van der Waals surface area contributed by atoms with Gasteiger partial charge in [-0.25, -0.2) is 0 Å². The molecule has 3 heteroatoms. The summed E-state index contributed by atoms with van der Waals surface area (Å²) in [5.74, 6) is -0.141. The van der Waals surface area contributed by atoms with Crippen LogP contribution in [-0.2, 0) is 14.3 Å². The predicted octanol–water partition coefficient (Wildman–Crippen LogP) is 4.82. The second kappa shape index (κ2) is 9.97. The summed E-state index contributed by atoms with van der Waals surface area (Å²) in [6, 6.07) is 0. The highest BCUT2D eigenvalue weighted by atomic mass is 16.5. The zero-order valence-corrected chi connectivity index (χ0v) is 13.9. The molecule has 1 fully saturated rings. The normalized spacial score (nSPS) is 25.7. The highest BCUT2D eigenvalue weighted by Gasteiger charge is 2.44. The van der Waals surface area contributed by atoms with Crippen LogP contribution in [0.25, 0.3) is 0 Å². The Bertz CT molecular complexity index is 324. The third kappa shape index (κ3) is 5.44. The van der Waals surface area contributed by atoms with Gasteiger partial charge < -0.3 is 4.74 Å². The van der Waals surface area contributed by atoms with Gasteiger partial charge in [0.05, 0.1) is 6.61 Å². The fourth-order valence-corrected chi connectivity index (χ4v) is 3.43. The highest BCUT2D eigenvalue weighted by molar-refractivity contribution is 6.03. The lowest BCUT2D eigenvalue weighted by atomic mass is 9.73. The second-order valence-corrected chi connectivity index (χ2v) is 6.30. The zero-order valence-electron chi connectivity index (χ0n) is 13.9. The van der Waals surface area contributed by atoms with Crippen LogP contribution >= 0.6 is 0 Å². The molecule has 0 aromatic carbocycles. The van der Waals surface area contributed by atoms with Crippen molar-refractivity contribution in [2.45, 2.75) is 90.9 Å². The summed E-state index contributed by atoms with van der Waals surface area (Å²) in [7, 11) is 0. The van der Waals surface area contributed by atoms with Crippen molar-refractivity contribution in [3.8, 4) is 0 Å². The van der Waals surface area contributed by atoms with Gasteiger partial charge in [0.15, 0.2) is 0 Å². The Morgan fingerprint density at radius 2 is 1.57 bits per heavy atom. The number of esters is 1. The van der Waals surface area contributed by atoms with Gasteiger partial charge in [-0.3, -0.25) is 9.59 Å². The molecule has 0 radical (unpaired) electrons. The van der Waals surface area contributed by atoms with E-state index in [1.165, 1.54) is 25.7 Å². The van der Waals surface area contributed by atoms with Crippen LogP contribution < -0.4 is 0 Å². The summed E-state index contributed by atoms with van der Waals surface area (Å²) >= 11 is 0. The number of hydrogen-bond donors (Lipinski definition) is 0. The van der Waals surface area contributed by atoms with E-state index < -0.39 is 5.41 Å². The Kier molecular flexibility index (Phi) is 8.63. The van der Waals surface area contributed by atoms with Gasteiger partial charge in [-0.05, 0) is 26.2 Å². The summed E-state index contributed by atoms with van der Waals surface area (Å²) in [6.45, 7) is 4.22. The van der Waals surface area contributed by atoms with Gasteiger partial charge in [0, 0.05) is 6.42 Å². The van der Waals surface area contributed by atoms with Crippen molar-refractivity contribution in [1.82, 2.24) is 0 Å². The molecule has 1 aliphatic carbocycles. The summed E-state index contributed by atoms with van der Waals surface area (Å²) in [5.41, 5.74) is -0.857. The van der Waals surface area contributed by atoms with E-state index >= 15 is 0 Å². The topological polar surface area (TPSA) is 43.4 Å². The maximum atomic E-state index is 12.8. The van der Waals surface area contributed by atoms with Crippen LogP contribution in [0.15, 0.2) is 0 Å². The molecule has 0 heterocycles. The number of hydrogen-bond acceptors (Lipinski definition) is 3. The molecule has 0 bridgehead atoms. The largest absolute Gasteiger partial charge is 0.465 e. The van der Waals surface area contributed by atoms with Crippen LogP contribution in [0, 0.1) is 5.41 Å². The van der Waals surface area contributed by atoms with Gasteiger partial charge in [-0.2, -0.15) is 0 Å². The minimum atomic E-state index is -0.857. The molecular formula is C18H32O3. The molecule has 0 aromatic heterocycles. The molecule has 21 heavy (non-hydrogen) atoms. The SMILES string of the molecule is CCCC1(C(=O)OCC)CCCCCCCCCCC1=O. The predicted molar refractivity (Wildman–Crippen MR) is 85.2 cm³/mol. The maximum Gasteiger partial charge on any atom is 0.319 e. The molecule has 1 saturated carbocycles. The molecule has 0 aliphatic heterocycles. The van der Waals surface area contributed by atoms with Crippen molar-refractivity contribution in [2.75, 3.05) is 6.61 Å². The van der Waals surface area contributed by atoms with E-state index in [1.807, 2.05) is 13.8 Å². The van der Waals surface area contributed by atoms with Gasteiger partial charge in [-0.1, -0.05) is 58.3 Å². The average Bonchev–Trinajstić information content (AvgIpc) is 2.46. The smallest absolute Gasteiger partial charge is 0.319 e. The number of ketones is 1. The number of rotatable bonds is 4. The standard InChI is InChI=1S/C18H32O3/c1-3-14-18(17(20)21-4-2)15-12-10-8-6-5-7-9-11-13-16(18)19/h3-15H2,1-2H3. The van der Waals surface area contributed by atoms with Crippen molar-refractivity contribution in [1.29, 1.82) is 0 Å². The van der Waals surface area contributed by atoms with Crippen LogP contribution in [0.3, 0.4) is 0 Å². The molecule has 1 unspecified atom stereocenters. The quantitative estimate of drug-likeness (QED) is 0.552. The van der Waals surface area contributed by atoms with Crippen molar-refractivity contribution >= 4 is 11.8 Å². The third-order valence-electron chi connectivity index (χ3n) is 4.63. The van der Waals surface area contributed by atoms with E-state index in [-0.39, 0.29) is 11.8 Å². The highest BCUT2D eigenvalue weighted by Crippen LogP contribution is 2.36. The van der Waals surface area contributed by atoms with Crippen LogP contribution in [0.2, 0.25) is 0 Å². The Morgan fingerprint density at radius 1 is 1.00 bits per heavy atom. The van der Waals surface area contributed by atoms with E-state index in [0.29, 0.717) is 25.9 Å². The van der Waals surface area contributed by atoms with Crippen LogP contribution in [-0.4, -0.2) is 18.4 Å². The Hall–Kier alpha value is -0.860. The van der Waals surface area contributed by atoms with Crippen molar-refractivity contribution < 1.29 is 14.3 Å². The van der Waals surface area contributed by atoms with Gasteiger partial charge >= 0.3 is 5.97 Å². The van der Waals surface area contributed by atoms with Crippen LogP contribution in [0.1, 0.15) is 90.9 Å². The van der Waals surface area contributed by atoms with E-state index in [9.17, 15) is 9.59 Å². The summed E-state index contributed by atoms with van der Waals surface area (Å²) in [4.78, 5) is 25.3. The first-order valence-electron chi connectivity index (χ1n) is 8.88. The van der Waals surface area contributed by atoms with Crippen molar-refractivity contribution in [2.24, 2.45) is 5.41 Å². The monoisotopic (exact) mass is 296 g/mol. The molecule has 0 amide bonds. The molecule has 0 saturated heterocycles. The molecule has 3 nitrogen and oxygen atoms in total. The third-order valence-corrected chi connectivity index (χ3v) is 4.63. The lowest BCUT2D eigenvalue weighted by Gasteiger charge is -2.30. The average molecular weight is 296 g/mol. The van der Waals surface area contributed by atoms with Crippen molar-refractivity contribution in [3.63, 3.8) is 0 Å². The molecule has 0 aromatic rings. The van der Waals surface area contributed by atoms with Crippen LogP contribution in [0.4, 0.5) is 0 Å². The molecule has 1 rings (SSSR count). The number of carbonyl (C=O) groups is 2. The molecule has 122 valence electrons. The summed E-state index contributed by atoms with van der Waals surface area (Å²) < 4.78 is 5.27. The first-order chi connectivity index (χ1) is 10.2.